The molecule has 126 valence electrons. The largest absolute Gasteiger partial charge is 0.378 e. The molecule has 1 saturated heterocycles. The lowest BCUT2D eigenvalue weighted by Crippen LogP contribution is -2.47. The highest BCUT2D eigenvalue weighted by atomic mass is 19.1. The monoisotopic (exact) mass is 320 g/mol. The molecule has 4 nitrogen and oxygen atoms in total. The van der Waals surface area contributed by atoms with Crippen molar-refractivity contribution >= 4 is 6.03 Å². The minimum Gasteiger partial charge on any atom is -0.378 e. The molecule has 1 heterocycles. The van der Waals surface area contributed by atoms with Crippen molar-refractivity contribution in [3.8, 4) is 0 Å². The predicted molar refractivity (Wildman–Crippen MR) is 86.7 cm³/mol. The molecular formula is C18H25FN2O2. The average Bonchev–Trinajstić information content (AvgIpc) is 3.35. The maximum absolute atomic E-state index is 13.6. The van der Waals surface area contributed by atoms with E-state index in [0.717, 1.165) is 18.4 Å². The number of nitrogens with one attached hydrogen (secondary N) is 2. The Morgan fingerprint density at radius 1 is 1.35 bits per heavy atom. The second kappa shape index (κ2) is 6.87. The van der Waals surface area contributed by atoms with E-state index < -0.39 is 0 Å². The number of rotatable bonds is 4. The summed E-state index contributed by atoms with van der Waals surface area (Å²) in [5.41, 5.74) is 1.38. The molecule has 2 fully saturated rings. The topological polar surface area (TPSA) is 50.4 Å². The molecule has 1 saturated carbocycles. The first-order valence-corrected chi connectivity index (χ1v) is 8.47. The number of aryl methyl sites for hydroxylation is 1. The predicted octanol–water partition coefficient (Wildman–Crippen LogP) is 3.45. The Labute approximate surface area is 136 Å². The first-order valence-electron chi connectivity index (χ1n) is 8.47. The van der Waals surface area contributed by atoms with Crippen LogP contribution in [0.25, 0.3) is 0 Å². The van der Waals surface area contributed by atoms with Crippen LogP contribution in [0.3, 0.4) is 0 Å². The van der Waals surface area contributed by atoms with Crippen molar-refractivity contribution in [1.29, 1.82) is 0 Å². The van der Waals surface area contributed by atoms with Crippen LogP contribution < -0.4 is 10.6 Å². The lowest BCUT2D eigenvalue weighted by atomic mass is 10.0. The summed E-state index contributed by atoms with van der Waals surface area (Å²) in [6.45, 7) is 4.30. The zero-order chi connectivity index (χ0) is 16.4. The van der Waals surface area contributed by atoms with E-state index in [2.05, 4.69) is 10.6 Å². The second-order valence-electron chi connectivity index (χ2n) is 6.82. The first kappa shape index (κ1) is 16.2. The summed E-state index contributed by atoms with van der Waals surface area (Å²) >= 11 is 0. The van der Waals surface area contributed by atoms with Gasteiger partial charge in [-0.25, -0.2) is 9.18 Å². The van der Waals surface area contributed by atoms with Gasteiger partial charge in [0.05, 0.1) is 12.1 Å². The standard InChI is InChI=1S/C18H25FN2O2/c1-11-3-4-14(9-16(11)19)12(2)20-18(22)21-15-7-8-23-17(10-15)13-5-6-13/h3-4,9,12-13,15,17H,5-8,10H2,1-2H3,(H2,20,21,22). The first-order chi connectivity index (χ1) is 11.0. The van der Waals surface area contributed by atoms with Crippen LogP contribution in [-0.4, -0.2) is 24.8 Å². The van der Waals surface area contributed by atoms with Crippen molar-refractivity contribution < 1.29 is 13.9 Å². The van der Waals surface area contributed by atoms with Crippen molar-refractivity contribution in [1.82, 2.24) is 10.6 Å². The van der Waals surface area contributed by atoms with Crippen LogP contribution in [0.2, 0.25) is 0 Å². The SMILES string of the molecule is Cc1ccc(C(C)NC(=O)NC2CCOC(C3CC3)C2)cc1F. The van der Waals surface area contributed by atoms with Crippen molar-refractivity contribution in [2.45, 2.75) is 57.7 Å². The van der Waals surface area contributed by atoms with Gasteiger partial charge in [0.2, 0.25) is 0 Å². The van der Waals surface area contributed by atoms with Crippen molar-refractivity contribution in [2.24, 2.45) is 5.92 Å². The Balaban J connectivity index is 1.50. The van der Waals surface area contributed by atoms with E-state index in [1.165, 1.54) is 18.9 Å². The van der Waals surface area contributed by atoms with Gasteiger partial charge in [-0.15, -0.1) is 0 Å². The second-order valence-corrected chi connectivity index (χ2v) is 6.82. The van der Waals surface area contributed by atoms with E-state index in [0.29, 0.717) is 24.2 Å². The highest BCUT2D eigenvalue weighted by molar-refractivity contribution is 5.74. The maximum atomic E-state index is 13.6. The van der Waals surface area contributed by atoms with E-state index in [1.54, 1.807) is 13.0 Å². The van der Waals surface area contributed by atoms with Crippen LogP contribution in [0.15, 0.2) is 18.2 Å². The highest BCUT2D eigenvalue weighted by Gasteiger charge is 2.36. The third kappa shape index (κ3) is 4.22. The molecule has 1 aromatic rings. The van der Waals surface area contributed by atoms with E-state index in [4.69, 9.17) is 4.74 Å². The molecular weight excluding hydrogens is 295 g/mol. The van der Waals surface area contributed by atoms with Gasteiger partial charge in [0.15, 0.2) is 0 Å². The highest BCUT2D eigenvalue weighted by Crippen LogP contribution is 2.38. The lowest BCUT2D eigenvalue weighted by Gasteiger charge is -2.30. The Morgan fingerprint density at radius 3 is 2.83 bits per heavy atom. The van der Waals surface area contributed by atoms with Crippen molar-refractivity contribution in [3.63, 3.8) is 0 Å². The van der Waals surface area contributed by atoms with Gasteiger partial charge in [-0.3, -0.25) is 0 Å². The van der Waals surface area contributed by atoms with Gasteiger partial charge in [0.1, 0.15) is 5.82 Å². The Kier molecular flexibility index (Phi) is 4.85. The number of urea groups is 1. The van der Waals surface area contributed by atoms with Crippen LogP contribution >= 0.6 is 0 Å². The van der Waals surface area contributed by atoms with Gasteiger partial charge in [-0.1, -0.05) is 12.1 Å². The van der Waals surface area contributed by atoms with Crippen LogP contribution in [0.1, 0.15) is 49.8 Å². The molecule has 3 rings (SSSR count). The number of ether oxygens (including phenoxy) is 1. The lowest BCUT2D eigenvalue weighted by molar-refractivity contribution is -0.00917. The van der Waals surface area contributed by atoms with Gasteiger partial charge in [-0.2, -0.15) is 0 Å². The molecule has 0 radical (unpaired) electrons. The molecule has 1 aliphatic heterocycles. The number of hydrogen-bond acceptors (Lipinski definition) is 2. The summed E-state index contributed by atoms with van der Waals surface area (Å²) in [4.78, 5) is 12.2. The van der Waals surface area contributed by atoms with Gasteiger partial charge in [-0.05, 0) is 62.6 Å². The molecule has 5 heteroatoms. The number of amides is 2. The molecule has 23 heavy (non-hydrogen) atoms. The van der Waals surface area contributed by atoms with Crippen molar-refractivity contribution in [3.05, 3.63) is 35.1 Å². The third-order valence-electron chi connectivity index (χ3n) is 4.84. The molecule has 2 aliphatic rings. The van der Waals surface area contributed by atoms with Gasteiger partial charge >= 0.3 is 6.03 Å². The molecule has 3 unspecified atom stereocenters. The molecule has 0 bridgehead atoms. The molecule has 3 atom stereocenters. The van der Waals surface area contributed by atoms with E-state index >= 15 is 0 Å². The van der Waals surface area contributed by atoms with Crippen LogP contribution in [0, 0.1) is 18.7 Å². The molecule has 2 N–H and O–H groups in total. The fraction of sp³-hybridized carbons (Fsp3) is 0.611. The molecule has 1 aromatic carbocycles. The fourth-order valence-corrected chi connectivity index (χ4v) is 3.14. The fourth-order valence-electron chi connectivity index (χ4n) is 3.14. The summed E-state index contributed by atoms with van der Waals surface area (Å²) < 4.78 is 19.4. The summed E-state index contributed by atoms with van der Waals surface area (Å²) in [5, 5.41) is 5.93. The minimum absolute atomic E-state index is 0.163. The minimum atomic E-state index is -0.242. The average molecular weight is 320 g/mol. The number of hydrogen-bond donors (Lipinski definition) is 2. The molecule has 2 amide bonds. The summed E-state index contributed by atoms with van der Waals surface area (Å²) in [7, 11) is 0. The summed E-state index contributed by atoms with van der Waals surface area (Å²) in [6, 6.07) is 4.80. The molecule has 0 spiro atoms. The quantitative estimate of drug-likeness (QED) is 0.893. The smallest absolute Gasteiger partial charge is 0.315 e. The van der Waals surface area contributed by atoms with E-state index in [1.807, 2.05) is 13.0 Å². The number of carbonyl (C=O) groups excluding carboxylic acids is 1. The van der Waals surface area contributed by atoms with Gasteiger partial charge in [0.25, 0.3) is 0 Å². The molecule has 0 aromatic heterocycles. The normalized spacial score (nSPS) is 25.7. The van der Waals surface area contributed by atoms with Crippen LogP contribution in [0.5, 0.6) is 0 Å². The van der Waals surface area contributed by atoms with Crippen molar-refractivity contribution in [2.75, 3.05) is 6.61 Å². The zero-order valence-corrected chi connectivity index (χ0v) is 13.8. The Hall–Kier alpha value is -1.62. The number of benzene rings is 1. The zero-order valence-electron chi connectivity index (χ0n) is 13.8. The van der Waals surface area contributed by atoms with Gasteiger partial charge < -0.3 is 15.4 Å². The van der Waals surface area contributed by atoms with Gasteiger partial charge in [0, 0.05) is 12.6 Å². The van der Waals surface area contributed by atoms with Crippen LogP contribution in [-0.2, 0) is 4.74 Å². The Morgan fingerprint density at radius 2 is 2.13 bits per heavy atom. The maximum Gasteiger partial charge on any atom is 0.315 e. The summed E-state index contributed by atoms with van der Waals surface area (Å²) in [6.07, 6.45) is 4.55. The number of carbonyl (C=O) groups is 1. The Bertz CT molecular complexity index is 574. The van der Waals surface area contributed by atoms with E-state index in [-0.39, 0.29) is 23.9 Å². The third-order valence-corrected chi connectivity index (χ3v) is 4.84. The van der Waals surface area contributed by atoms with E-state index in [9.17, 15) is 9.18 Å². The van der Waals surface area contributed by atoms with Crippen LogP contribution in [0.4, 0.5) is 9.18 Å². The molecule has 1 aliphatic carbocycles. The number of halogens is 1. The summed E-state index contributed by atoms with van der Waals surface area (Å²) in [5.74, 6) is 0.449.